The molecule has 0 bridgehead atoms. The molecule has 0 spiro atoms. The minimum atomic E-state index is -0.440. The van der Waals surface area contributed by atoms with E-state index in [1.807, 2.05) is 6.92 Å². The summed E-state index contributed by atoms with van der Waals surface area (Å²) >= 11 is 0. The molecule has 172 valence electrons. The van der Waals surface area contributed by atoms with E-state index in [-0.39, 0.29) is 24.1 Å². The van der Waals surface area contributed by atoms with Crippen LogP contribution >= 0.6 is 0 Å². The molecule has 1 heterocycles. The lowest BCUT2D eigenvalue weighted by Gasteiger charge is -2.12. The summed E-state index contributed by atoms with van der Waals surface area (Å²) in [6, 6.07) is 19.3. The quantitative estimate of drug-likeness (QED) is 0.414. The summed E-state index contributed by atoms with van der Waals surface area (Å²) in [5, 5.41) is 17.4. The van der Waals surface area contributed by atoms with Crippen LogP contribution in [0.1, 0.15) is 17.3 Å². The van der Waals surface area contributed by atoms with Crippen LogP contribution in [0.2, 0.25) is 0 Å². The minimum Gasteiger partial charge on any atom is -0.494 e. The van der Waals surface area contributed by atoms with Crippen LogP contribution in [-0.4, -0.2) is 38.6 Å². The van der Waals surface area contributed by atoms with E-state index in [0.29, 0.717) is 34.9 Å². The van der Waals surface area contributed by atoms with E-state index >= 15 is 0 Å². The summed E-state index contributed by atoms with van der Waals surface area (Å²) in [7, 11) is 0. The summed E-state index contributed by atoms with van der Waals surface area (Å²) in [6.45, 7) is 2.23. The van der Waals surface area contributed by atoms with Gasteiger partial charge in [0.1, 0.15) is 18.1 Å². The van der Waals surface area contributed by atoms with E-state index in [2.05, 4.69) is 26.0 Å². The molecule has 1 aromatic heterocycles. The fourth-order valence-electron chi connectivity index (χ4n) is 3.13. The highest BCUT2D eigenvalue weighted by molar-refractivity contribution is 6.10. The van der Waals surface area contributed by atoms with Crippen LogP contribution in [0.25, 0.3) is 11.4 Å². The van der Waals surface area contributed by atoms with Gasteiger partial charge in [-0.3, -0.25) is 9.59 Å². The number of nitrogens with zero attached hydrogens (tertiary/aromatic N) is 4. The lowest BCUT2D eigenvalue weighted by atomic mass is 10.1. The Hall–Kier alpha value is -4.60. The lowest BCUT2D eigenvalue weighted by molar-refractivity contribution is -0.117. The fourth-order valence-corrected chi connectivity index (χ4v) is 3.13. The van der Waals surface area contributed by atoms with Gasteiger partial charge in [-0.2, -0.15) is 4.80 Å². The van der Waals surface area contributed by atoms with Crippen molar-refractivity contribution in [3.8, 4) is 17.1 Å². The van der Waals surface area contributed by atoms with Gasteiger partial charge >= 0.3 is 0 Å². The van der Waals surface area contributed by atoms with Crippen LogP contribution in [0, 0.1) is 5.82 Å². The Bertz CT molecular complexity index is 1290. The van der Waals surface area contributed by atoms with Gasteiger partial charge in [0.05, 0.1) is 17.9 Å². The molecule has 10 heteroatoms. The van der Waals surface area contributed by atoms with Crippen molar-refractivity contribution >= 4 is 23.2 Å². The monoisotopic (exact) mass is 460 g/mol. The highest BCUT2D eigenvalue weighted by atomic mass is 19.1. The molecule has 2 amide bonds. The molecule has 3 aromatic carbocycles. The van der Waals surface area contributed by atoms with Crippen molar-refractivity contribution in [3.05, 3.63) is 84.2 Å². The van der Waals surface area contributed by atoms with Crippen molar-refractivity contribution in [2.75, 3.05) is 17.2 Å². The van der Waals surface area contributed by atoms with Crippen molar-refractivity contribution in [3.63, 3.8) is 0 Å². The Morgan fingerprint density at radius 2 is 1.71 bits per heavy atom. The number of carbonyl (C=O) groups excluding carboxylic acids is 2. The Kier molecular flexibility index (Phi) is 6.87. The summed E-state index contributed by atoms with van der Waals surface area (Å²) in [5.74, 6) is -0.219. The zero-order valence-corrected chi connectivity index (χ0v) is 18.2. The van der Waals surface area contributed by atoms with Crippen LogP contribution in [-0.2, 0) is 11.3 Å². The third kappa shape index (κ3) is 5.60. The number of amides is 2. The second-order valence-electron chi connectivity index (χ2n) is 7.16. The van der Waals surface area contributed by atoms with Crippen LogP contribution in [0.3, 0.4) is 0 Å². The molecule has 0 saturated carbocycles. The van der Waals surface area contributed by atoms with Crippen LogP contribution in [0.4, 0.5) is 15.8 Å². The van der Waals surface area contributed by atoms with Gasteiger partial charge in [-0.1, -0.05) is 12.1 Å². The second kappa shape index (κ2) is 10.3. The predicted octanol–water partition coefficient (Wildman–Crippen LogP) is 3.77. The summed E-state index contributed by atoms with van der Waals surface area (Å²) < 4.78 is 18.5. The minimum absolute atomic E-state index is 0.219. The highest BCUT2D eigenvalue weighted by Gasteiger charge is 2.15. The van der Waals surface area contributed by atoms with E-state index in [4.69, 9.17) is 4.74 Å². The van der Waals surface area contributed by atoms with Gasteiger partial charge < -0.3 is 15.4 Å². The fraction of sp³-hybridized carbons (Fsp3) is 0.125. The van der Waals surface area contributed by atoms with Gasteiger partial charge in [0.15, 0.2) is 0 Å². The molecule has 0 saturated heterocycles. The number of hydrogen-bond acceptors (Lipinski definition) is 6. The Labute approximate surface area is 194 Å². The highest BCUT2D eigenvalue weighted by Crippen LogP contribution is 2.20. The molecule has 9 nitrogen and oxygen atoms in total. The van der Waals surface area contributed by atoms with Crippen molar-refractivity contribution in [1.29, 1.82) is 0 Å². The van der Waals surface area contributed by atoms with Crippen molar-refractivity contribution in [2.45, 2.75) is 13.5 Å². The van der Waals surface area contributed by atoms with Crippen LogP contribution in [0.15, 0.2) is 72.8 Å². The summed E-state index contributed by atoms with van der Waals surface area (Å²) in [6.07, 6.45) is 0. The van der Waals surface area contributed by atoms with E-state index in [0.717, 1.165) is 4.80 Å². The number of halogens is 1. The maximum Gasteiger partial charge on any atom is 0.257 e. The third-order valence-electron chi connectivity index (χ3n) is 4.71. The molecule has 2 N–H and O–H groups in total. The Morgan fingerprint density at radius 1 is 0.971 bits per heavy atom. The molecule has 0 aliphatic heterocycles. The topological polar surface area (TPSA) is 111 Å². The lowest BCUT2D eigenvalue weighted by Crippen LogP contribution is -2.22. The first kappa shape index (κ1) is 22.6. The van der Waals surface area contributed by atoms with E-state index in [1.54, 1.807) is 48.5 Å². The molecule has 0 unspecified atom stereocenters. The normalized spacial score (nSPS) is 10.5. The number of carbonyl (C=O) groups is 2. The second-order valence-corrected chi connectivity index (χ2v) is 7.16. The largest absolute Gasteiger partial charge is 0.494 e. The first-order valence-electron chi connectivity index (χ1n) is 10.5. The maximum atomic E-state index is 13.1. The van der Waals surface area contributed by atoms with Gasteiger partial charge in [-0.25, -0.2) is 4.39 Å². The number of hydrogen-bond donors (Lipinski definition) is 2. The van der Waals surface area contributed by atoms with E-state index in [9.17, 15) is 14.0 Å². The molecule has 34 heavy (non-hydrogen) atoms. The average molecular weight is 460 g/mol. The van der Waals surface area contributed by atoms with Gasteiger partial charge in [0, 0.05) is 11.3 Å². The van der Waals surface area contributed by atoms with Crippen LogP contribution < -0.4 is 15.4 Å². The molecular weight excluding hydrogens is 439 g/mol. The SMILES string of the molecule is CCOc1ccc(NC(=O)c2ccccc2NC(=O)Cn2nnc(-c3ccc(F)cc3)n2)cc1. The van der Waals surface area contributed by atoms with Crippen molar-refractivity contribution in [2.24, 2.45) is 0 Å². The van der Waals surface area contributed by atoms with Gasteiger partial charge in [0.25, 0.3) is 5.91 Å². The van der Waals surface area contributed by atoms with E-state index < -0.39 is 5.91 Å². The van der Waals surface area contributed by atoms with Crippen molar-refractivity contribution < 1.29 is 18.7 Å². The number of rotatable bonds is 8. The molecule has 0 fully saturated rings. The molecule has 0 radical (unpaired) electrons. The number of anilines is 2. The number of ether oxygens (including phenoxy) is 1. The number of aromatic nitrogens is 4. The van der Waals surface area contributed by atoms with Gasteiger partial charge in [0.2, 0.25) is 11.7 Å². The zero-order chi connectivity index (χ0) is 23.9. The summed E-state index contributed by atoms with van der Waals surface area (Å²) in [5.41, 5.74) is 1.80. The van der Waals surface area contributed by atoms with Gasteiger partial charge in [-0.05, 0) is 72.8 Å². The van der Waals surface area contributed by atoms with Crippen molar-refractivity contribution in [1.82, 2.24) is 20.2 Å². The zero-order valence-electron chi connectivity index (χ0n) is 18.2. The molecule has 0 atom stereocenters. The Morgan fingerprint density at radius 3 is 2.44 bits per heavy atom. The number of tetrazole rings is 1. The van der Waals surface area contributed by atoms with Crippen LogP contribution in [0.5, 0.6) is 5.75 Å². The molecule has 0 aliphatic carbocycles. The predicted molar refractivity (Wildman–Crippen MR) is 124 cm³/mol. The number of nitrogens with one attached hydrogen (secondary N) is 2. The first-order chi connectivity index (χ1) is 16.5. The molecule has 4 aromatic rings. The molecule has 4 rings (SSSR count). The van der Waals surface area contributed by atoms with Gasteiger partial charge in [-0.15, -0.1) is 10.2 Å². The Balaban J connectivity index is 1.41. The van der Waals surface area contributed by atoms with E-state index in [1.165, 1.54) is 24.3 Å². The summed E-state index contributed by atoms with van der Waals surface area (Å²) in [4.78, 5) is 26.5. The number of benzene rings is 3. The molecule has 0 aliphatic rings. The average Bonchev–Trinajstić information content (AvgIpc) is 3.29. The maximum absolute atomic E-state index is 13.1. The smallest absolute Gasteiger partial charge is 0.257 e. The standard InChI is InChI=1S/C24H21FN6O3/c1-2-34-19-13-11-18(12-14-19)26-24(33)20-5-3-4-6-21(20)27-22(32)15-31-29-23(28-30-31)16-7-9-17(25)10-8-16/h3-14H,2,15H2,1H3,(H,26,33)(H,27,32). The molecular formula is C24H21FN6O3. The number of para-hydroxylation sites is 1. The first-order valence-corrected chi connectivity index (χ1v) is 10.5. The third-order valence-corrected chi connectivity index (χ3v) is 4.71.